The van der Waals surface area contributed by atoms with E-state index in [0.717, 1.165) is 0 Å². The summed E-state index contributed by atoms with van der Waals surface area (Å²) >= 11 is 0. The number of β-amino-alcohol motifs (C(OH)–C–C–N with tert-alkyl or cyclic N) is 1. The summed E-state index contributed by atoms with van der Waals surface area (Å²) in [5.41, 5.74) is -1.39. The molecule has 1 aliphatic rings. The highest BCUT2D eigenvalue weighted by molar-refractivity contribution is 5.42. The lowest BCUT2D eigenvalue weighted by atomic mass is 9.92. The van der Waals surface area contributed by atoms with Gasteiger partial charge in [-0.15, -0.1) is 0 Å². The van der Waals surface area contributed by atoms with Crippen molar-refractivity contribution in [1.29, 1.82) is 0 Å². The van der Waals surface area contributed by atoms with E-state index in [1.54, 1.807) is 0 Å². The van der Waals surface area contributed by atoms with Gasteiger partial charge in [0.2, 0.25) is 0 Å². The van der Waals surface area contributed by atoms with E-state index in [1.165, 1.54) is 18.2 Å². The number of hydrogen-bond acceptors (Lipinski definition) is 4. The number of nitro groups is 1. The summed E-state index contributed by atoms with van der Waals surface area (Å²) in [6.07, 6.45) is 0.432. The molecule has 92 valence electrons. The molecule has 1 aromatic carbocycles. The normalized spacial score (nSPS) is 23.9. The van der Waals surface area contributed by atoms with Crippen molar-refractivity contribution < 1.29 is 14.4 Å². The molecule has 0 radical (unpaired) electrons. The largest absolute Gasteiger partial charge is 0.388 e. The first-order valence-corrected chi connectivity index (χ1v) is 5.37. The average Bonchev–Trinajstić information content (AvgIpc) is 2.68. The maximum atomic E-state index is 13.6. The monoisotopic (exact) mass is 240 g/mol. The van der Waals surface area contributed by atoms with Gasteiger partial charge < -0.3 is 10.4 Å². The van der Waals surface area contributed by atoms with Gasteiger partial charge in [-0.05, 0) is 19.0 Å². The molecule has 1 atom stereocenters. The lowest BCUT2D eigenvalue weighted by Gasteiger charge is -2.21. The number of nitrogens with zero attached hydrogens (tertiary/aromatic N) is 1. The van der Waals surface area contributed by atoms with Crippen LogP contribution in [0.2, 0.25) is 0 Å². The van der Waals surface area contributed by atoms with Crippen molar-refractivity contribution in [3.8, 4) is 0 Å². The molecule has 0 spiro atoms. The highest BCUT2D eigenvalue weighted by Crippen LogP contribution is 2.28. The smallest absolute Gasteiger partial charge is 0.275 e. The van der Waals surface area contributed by atoms with Gasteiger partial charge in [-0.2, -0.15) is 0 Å². The second-order valence-electron chi connectivity index (χ2n) is 4.32. The molecule has 1 fully saturated rings. The number of rotatable bonds is 3. The molecule has 0 aromatic heterocycles. The summed E-state index contributed by atoms with van der Waals surface area (Å²) in [7, 11) is 0. The SMILES string of the molecule is O=[N+]([O-])c1cccc(F)c1CC1(O)CCNC1. The Morgan fingerprint density at radius 3 is 2.94 bits per heavy atom. The first-order chi connectivity index (χ1) is 8.02. The van der Waals surface area contributed by atoms with Gasteiger partial charge in [-0.1, -0.05) is 6.07 Å². The third kappa shape index (κ3) is 2.42. The first kappa shape index (κ1) is 11.9. The quantitative estimate of drug-likeness (QED) is 0.610. The highest BCUT2D eigenvalue weighted by Gasteiger charge is 2.34. The van der Waals surface area contributed by atoms with Crippen molar-refractivity contribution in [3.63, 3.8) is 0 Å². The van der Waals surface area contributed by atoms with E-state index >= 15 is 0 Å². The Morgan fingerprint density at radius 1 is 1.59 bits per heavy atom. The fraction of sp³-hybridized carbons (Fsp3) is 0.455. The standard InChI is InChI=1S/C11H13FN2O3/c12-9-2-1-3-10(14(16)17)8(9)6-11(15)4-5-13-7-11/h1-3,13,15H,4-7H2. The summed E-state index contributed by atoms with van der Waals surface area (Å²) in [5.74, 6) is -0.639. The zero-order valence-electron chi connectivity index (χ0n) is 9.15. The molecular formula is C11H13FN2O3. The molecule has 5 nitrogen and oxygen atoms in total. The van der Waals surface area contributed by atoms with E-state index in [9.17, 15) is 19.6 Å². The van der Waals surface area contributed by atoms with Crippen LogP contribution in [0.1, 0.15) is 12.0 Å². The van der Waals surface area contributed by atoms with Crippen LogP contribution in [0.4, 0.5) is 10.1 Å². The van der Waals surface area contributed by atoms with E-state index < -0.39 is 16.3 Å². The van der Waals surface area contributed by atoms with E-state index in [0.29, 0.717) is 19.5 Å². The number of nitro benzene ring substituents is 1. The van der Waals surface area contributed by atoms with Crippen LogP contribution in [-0.4, -0.2) is 28.7 Å². The molecule has 0 amide bonds. The van der Waals surface area contributed by atoms with Gasteiger partial charge in [0.1, 0.15) is 5.82 Å². The van der Waals surface area contributed by atoms with Crippen LogP contribution < -0.4 is 5.32 Å². The second kappa shape index (κ2) is 4.38. The van der Waals surface area contributed by atoms with Crippen molar-refractivity contribution in [2.24, 2.45) is 0 Å². The topological polar surface area (TPSA) is 75.4 Å². The first-order valence-electron chi connectivity index (χ1n) is 5.37. The van der Waals surface area contributed by atoms with Gasteiger partial charge in [0, 0.05) is 19.0 Å². The molecule has 1 unspecified atom stereocenters. The van der Waals surface area contributed by atoms with Crippen LogP contribution in [0, 0.1) is 15.9 Å². The molecule has 0 bridgehead atoms. The molecule has 2 rings (SSSR count). The zero-order valence-corrected chi connectivity index (χ0v) is 9.15. The summed E-state index contributed by atoms with van der Waals surface area (Å²) in [6.45, 7) is 0.969. The lowest BCUT2D eigenvalue weighted by Crippen LogP contribution is -2.34. The molecule has 1 heterocycles. The Bertz CT molecular complexity index is 444. The van der Waals surface area contributed by atoms with Crippen molar-refractivity contribution in [1.82, 2.24) is 5.32 Å². The fourth-order valence-corrected chi connectivity index (χ4v) is 2.10. The maximum absolute atomic E-state index is 13.6. The van der Waals surface area contributed by atoms with Crippen molar-refractivity contribution in [2.45, 2.75) is 18.4 Å². The molecule has 0 saturated carbocycles. The van der Waals surface area contributed by atoms with Crippen LogP contribution in [0.25, 0.3) is 0 Å². The van der Waals surface area contributed by atoms with Crippen LogP contribution in [0.5, 0.6) is 0 Å². The predicted molar refractivity (Wildman–Crippen MR) is 59.2 cm³/mol. The van der Waals surface area contributed by atoms with Gasteiger partial charge in [0.15, 0.2) is 0 Å². The Balaban J connectivity index is 2.34. The Hall–Kier alpha value is -1.53. The summed E-state index contributed by atoms with van der Waals surface area (Å²) in [5, 5.41) is 23.9. The molecule has 2 N–H and O–H groups in total. The number of benzene rings is 1. The van der Waals surface area contributed by atoms with Gasteiger partial charge in [0.25, 0.3) is 5.69 Å². The van der Waals surface area contributed by atoms with Gasteiger partial charge in [0.05, 0.1) is 16.1 Å². The van der Waals surface area contributed by atoms with Crippen LogP contribution in [-0.2, 0) is 6.42 Å². The zero-order chi connectivity index (χ0) is 12.5. The number of hydrogen-bond donors (Lipinski definition) is 2. The molecule has 17 heavy (non-hydrogen) atoms. The summed E-state index contributed by atoms with van der Waals surface area (Å²) < 4.78 is 13.6. The Kier molecular flexibility index (Phi) is 3.08. The van der Waals surface area contributed by atoms with Crippen molar-refractivity contribution in [2.75, 3.05) is 13.1 Å². The van der Waals surface area contributed by atoms with E-state index in [-0.39, 0.29) is 17.7 Å². The molecular weight excluding hydrogens is 227 g/mol. The van der Waals surface area contributed by atoms with Gasteiger partial charge in [-0.3, -0.25) is 10.1 Å². The highest BCUT2D eigenvalue weighted by atomic mass is 19.1. The second-order valence-corrected chi connectivity index (χ2v) is 4.32. The van der Waals surface area contributed by atoms with Crippen LogP contribution in [0.3, 0.4) is 0 Å². The number of halogens is 1. The number of aliphatic hydroxyl groups is 1. The summed E-state index contributed by atoms with van der Waals surface area (Å²) in [6, 6.07) is 3.73. The average molecular weight is 240 g/mol. The van der Waals surface area contributed by atoms with Gasteiger partial charge >= 0.3 is 0 Å². The minimum absolute atomic E-state index is 0.0244. The molecule has 1 aliphatic heterocycles. The third-order valence-corrected chi connectivity index (χ3v) is 3.02. The Labute approximate surface area is 97.4 Å². The number of nitrogens with one attached hydrogen (secondary N) is 1. The van der Waals surface area contributed by atoms with Crippen molar-refractivity contribution >= 4 is 5.69 Å². The van der Waals surface area contributed by atoms with E-state index in [4.69, 9.17) is 0 Å². The van der Waals surface area contributed by atoms with Crippen LogP contribution >= 0.6 is 0 Å². The fourth-order valence-electron chi connectivity index (χ4n) is 2.10. The molecule has 6 heteroatoms. The van der Waals surface area contributed by atoms with E-state index in [2.05, 4.69) is 5.32 Å². The van der Waals surface area contributed by atoms with Crippen molar-refractivity contribution in [3.05, 3.63) is 39.7 Å². The minimum Gasteiger partial charge on any atom is -0.388 e. The van der Waals surface area contributed by atoms with E-state index in [1.807, 2.05) is 0 Å². The van der Waals surface area contributed by atoms with Gasteiger partial charge in [-0.25, -0.2) is 4.39 Å². The lowest BCUT2D eigenvalue weighted by molar-refractivity contribution is -0.385. The maximum Gasteiger partial charge on any atom is 0.275 e. The third-order valence-electron chi connectivity index (χ3n) is 3.02. The van der Waals surface area contributed by atoms with Crippen LogP contribution in [0.15, 0.2) is 18.2 Å². The molecule has 1 aromatic rings. The minimum atomic E-state index is -1.09. The molecule has 1 saturated heterocycles. The molecule has 0 aliphatic carbocycles. The predicted octanol–water partition coefficient (Wildman–Crippen LogP) is 1.00. The Morgan fingerprint density at radius 2 is 2.35 bits per heavy atom. The summed E-state index contributed by atoms with van der Waals surface area (Å²) in [4.78, 5) is 10.2.